The van der Waals surface area contributed by atoms with Crippen LogP contribution in [0.15, 0.2) is 66.9 Å². The fourth-order valence-electron chi connectivity index (χ4n) is 4.72. The van der Waals surface area contributed by atoms with Gasteiger partial charge >= 0.3 is 12.1 Å². The standard InChI is InChI=1S/C33H38N6O5.C2HF3O2/c1-6-43-30-16-24(7-10-29(30)44-19(2)3)31(39-25-8-9-28-23(15-25)11-12-35-32(28)34)33(42)36-18-22-13-26(37-20(4)40)17-27(14-22)38-21(5)41;3-2(4,5)1(6)7/h7-17,19,31,39H,6,18H2,1-5H3,(H2,34,35)(H,36,42)(H,37,40)(H,38,41);(H,6,7). The number of pyridine rings is 1. The lowest BCUT2D eigenvalue weighted by Crippen LogP contribution is -2.33. The summed E-state index contributed by atoms with van der Waals surface area (Å²) in [4.78, 5) is 50.3. The highest BCUT2D eigenvalue weighted by molar-refractivity contribution is 5.94. The number of nitrogens with one attached hydrogen (secondary N) is 4. The number of nitrogen functional groups attached to an aromatic ring is 1. The SMILES string of the molecule is CCOc1cc(C(Nc2ccc3c(N)nccc3c2)C(=O)NCc2cc(NC(C)=O)cc(NC(C)=O)c2)ccc1OC(C)C.O=C(O)C(F)(F)F. The number of alkyl halides is 3. The summed E-state index contributed by atoms with van der Waals surface area (Å²) in [5.74, 6) is -2.06. The van der Waals surface area contributed by atoms with Gasteiger partial charge in [0, 0.05) is 49.0 Å². The van der Waals surface area contributed by atoms with Crippen LogP contribution in [0.2, 0.25) is 0 Å². The Labute approximate surface area is 291 Å². The molecule has 3 aromatic carbocycles. The number of benzene rings is 3. The molecule has 13 nitrogen and oxygen atoms in total. The van der Waals surface area contributed by atoms with Crippen molar-refractivity contribution in [1.29, 1.82) is 0 Å². The molecule has 51 heavy (non-hydrogen) atoms. The van der Waals surface area contributed by atoms with Crippen LogP contribution in [0.1, 0.15) is 51.8 Å². The number of hydrogen-bond acceptors (Lipinski definition) is 9. The van der Waals surface area contributed by atoms with Crippen LogP contribution in [0.3, 0.4) is 0 Å². The largest absolute Gasteiger partial charge is 0.490 e. The van der Waals surface area contributed by atoms with Crippen LogP contribution in [-0.4, -0.2) is 52.7 Å². The first kappa shape index (κ1) is 39.4. The van der Waals surface area contributed by atoms with Crippen molar-refractivity contribution in [3.05, 3.63) is 78.0 Å². The molecule has 4 rings (SSSR count). The van der Waals surface area contributed by atoms with Crippen molar-refractivity contribution in [2.24, 2.45) is 0 Å². The van der Waals surface area contributed by atoms with Gasteiger partial charge in [-0.2, -0.15) is 13.2 Å². The molecule has 0 aliphatic carbocycles. The molecule has 0 aliphatic heterocycles. The van der Waals surface area contributed by atoms with E-state index in [2.05, 4.69) is 26.3 Å². The second-order valence-corrected chi connectivity index (χ2v) is 11.3. The molecule has 0 saturated carbocycles. The number of hydrogen-bond donors (Lipinski definition) is 6. The van der Waals surface area contributed by atoms with E-state index in [1.165, 1.54) is 13.8 Å². The summed E-state index contributed by atoms with van der Waals surface area (Å²) in [6.07, 6.45) is -3.51. The first-order chi connectivity index (χ1) is 24.0. The molecule has 3 amide bonds. The summed E-state index contributed by atoms with van der Waals surface area (Å²) in [5.41, 5.74) is 9.06. The lowest BCUT2D eigenvalue weighted by molar-refractivity contribution is -0.192. The Hall–Kier alpha value is -6.06. The van der Waals surface area contributed by atoms with Crippen LogP contribution < -0.4 is 36.5 Å². The van der Waals surface area contributed by atoms with E-state index in [1.807, 2.05) is 51.1 Å². The predicted molar refractivity (Wildman–Crippen MR) is 186 cm³/mol. The zero-order chi connectivity index (χ0) is 37.9. The number of ether oxygens (including phenoxy) is 2. The third-order valence-corrected chi connectivity index (χ3v) is 6.67. The van der Waals surface area contributed by atoms with Gasteiger partial charge < -0.3 is 41.6 Å². The number of rotatable bonds is 12. The summed E-state index contributed by atoms with van der Waals surface area (Å²) in [6, 6.07) is 17.2. The highest BCUT2D eigenvalue weighted by atomic mass is 19.4. The maximum atomic E-state index is 13.9. The van der Waals surface area contributed by atoms with E-state index in [9.17, 15) is 27.6 Å². The average molecular weight is 713 g/mol. The molecular weight excluding hydrogens is 673 g/mol. The topological polar surface area (TPSA) is 194 Å². The number of aromatic nitrogens is 1. The minimum Gasteiger partial charge on any atom is -0.490 e. The van der Waals surface area contributed by atoms with Crippen molar-refractivity contribution in [1.82, 2.24) is 10.3 Å². The van der Waals surface area contributed by atoms with Gasteiger partial charge in [-0.15, -0.1) is 0 Å². The summed E-state index contributed by atoms with van der Waals surface area (Å²) < 4.78 is 43.5. The van der Waals surface area contributed by atoms with E-state index >= 15 is 0 Å². The monoisotopic (exact) mass is 712 g/mol. The Morgan fingerprint density at radius 2 is 1.51 bits per heavy atom. The highest BCUT2D eigenvalue weighted by Crippen LogP contribution is 2.33. The number of amides is 3. The quantitative estimate of drug-likeness (QED) is 0.101. The van der Waals surface area contributed by atoms with Gasteiger partial charge in [-0.3, -0.25) is 14.4 Å². The number of nitrogens with zero attached hydrogens (tertiary/aromatic N) is 1. The van der Waals surface area contributed by atoms with E-state index < -0.39 is 18.2 Å². The van der Waals surface area contributed by atoms with Crippen LogP contribution in [0.4, 0.5) is 36.1 Å². The van der Waals surface area contributed by atoms with Gasteiger partial charge in [0.25, 0.3) is 0 Å². The first-order valence-corrected chi connectivity index (χ1v) is 15.6. The Morgan fingerprint density at radius 1 is 0.882 bits per heavy atom. The summed E-state index contributed by atoms with van der Waals surface area (Å²) in [5, 5.41) is 20.6. The molecule has 7 N–H and O–H groups in total. The summed E-state index contributed by atoms with van der Waals surface area (Å²) in [6.45, 7) is 9.09. The van der Waals surface area contributed by atoms with Crippen molar-refractivity contribution in [2.75, 3.05) is 28.3 Å². The smallest absolute Gasteiger partial charge is 0.490 e. The van der Waals surface area contributed by atoms with Gasteiger partial charge in [-0.1, -0.05) is 6.07 Å². The third kappa shape index (κ3) is 12.1. The molecule has 0 aliphatic rings. The van der Waals surface area contributed by atoms with Gasteiger partial charge in [0.1, 0.15) is 11.9 Å². The molecule has 4 aromatic rings. The first-order valence-electron chi connectivity index (χ1n) is 15.6. The molecule has 0 radical (unpaired) electrons. The van der Waals surface area contributed by atoms with Gasteiger partial charge in [-0.05, 0) is 91.9 Å². The number of carbonyl (C=O) groups excluding carboxylic acids is 3. The van der Waals surface area contributed by atoms with E-state index in [-0.39, 0.29) is 30.4 Å². The lowest BCUT2D eigenvalue weighted by Gasteiger charge is -2.22. The Morgan fingerprint density at radius 3 is 2.06 bits per heavy atom. The van der Waals surface area contributed by atoms with E-state index in [1.54, 1.807) is 36.5 Å². The number of carboxylic acids is 1. The van der Waals surface area contributed by atoms with Gasteiger partial charge in [0.15, 0.2) is 11.5 Å². The minimum atomic E-state index is -5.08. The molecule has 1 heterocycles. The molecular formula is C35H39F3N6O7. The Bertz CT molecular complexity index is 1850. The van der Waals surface area contributed by atoms with Crippen molar-refractivity contribution in [3.63, 3.8) is 0 Å². The van der Waals surface area contributed by atoms with Crippen LogP contribution in [0.5, 0.6) is 11.5 Å². The normalized spacial score (nSPS) is 11.5. The van der Waals surface area contributed by atoms with E-state index in [0.717, 1.165) is 10.8 Å². The van der Waals surface area contributed by atoms with Crippen molar-refractivity contribution in [3.8, 4) is 11.5 Å². The Balaban J connectivity index is 0.000000908. The maximum Gasteiger partial charge on any atom is 0.490 e. The fourth-order valence-corrected chi connectivity index (χ4v) is 4.72. The number of anilines is 4. The maximum absolute atomic E-state index is 13.9. The Kier molecular flexibility index (Phi) is 13.6. The molecule has 16 heteroatoms. The van der Waals surface area contributed by atoms with Crippen molar-refractivity contribution >= 4 is 57.3 Å². The highest BCUT2D eigenvalue weighted by Gasteiger charge is 2.38. The number of nitrogens with two attached hydrogens (primary N) is 1. The molecule has 1 unspecified atom stereocenters. The molecule has 0 spiro atoms. The molecule has 0 saturated heterocycles. The lowest BCUT2D eigenvalue weighted by atomic mass is 10.0. The number of halogens is 3. The zero-order valence-electron chi connectivity index (χ0n) is 28.5. The van der Waals surface area contributed by atoms with Crippen LogP contribution in [-0.2, 0) is 25.7 Å². The van der Waals surface area contributed by atoms with E-state index in [0.29, 0.717) is 52.1 Å². The fraction of sp³-hybridized carbons (Fsp3) is 0.286. The molecule has 272 valence electrons. The number of carbonyl (C=O) groups is 4. The van der Waals surface area contributed by atoms with Gasteiger partial charge in [-0.25, -0.2) is 9.78 Å². The summed E-state index contributed by atoms with van der Waals surface area (Å²) in [7, 11) is 0. The molecule has 1 aromatic heterocycles. The second kappa shape index (κ2) is 17.6. The van der Waals surface area contributed by atoms with Crippen molar-refractivity contribution < 1.29 is 46.9 Å². The zero-order valence-corrected chi connectivity index (χ0v) is 28.5. The van der Waals surface area contributed by atoms with Crippen LogP contribution >= 0.6 is 0 Å². The van der Waals surface area contributed by atoms with Crippen LogP contribution in [0.25, 0.3) is 10.8 Å². The minimum absolute atomic E-state index is 0.0626. The molecule has 1 atom stereocenters. The number of aliphatic carboxylic acids is 1. The second-order valence-electron chi connectivity index (χ2n) is 11.3. The van der Waals surface area contributed by atoms with E-state index in [4.69, 9.17) is 25.1 Å². The van der Waals surface area contributed by atoms with Gasteiger partial charge in [0.2, 0.25) is 17.7 Å². The average Bonchev–Trinajstić information content (AvgIpc) is 3.02. The molecule has 0 bridgehead atoms. The summed E-state index contributed by atoms with van der Waals surface area (Å²) >= 11 is 0. The predicted octanol–water partition coefficient (Wildman–Crippen LogP) is 6.02. The molecule has 0 fully saturated rings. The number of carboxylic acid groups (broad SMARTS) is 1. The van der Waals surface area contributed by atoms with Crippen molar-refractivity contribution in [2.45, 2.75) is 59.5 Å². The van der Waals surface area contributed by atoms with Crippen LogP contribution in [0, 0.1) is 0 Å². The van der Waals surface area contributed by atoms with Gasteiger partial charge in [0.05, 0.1) is 12.7 Å². The number of fused-ring (bicyclic) bond motifs is 1. The third-order valence-electron chi connectivity index (χ3n) is 6.67.